The summed E-state index contributed by atoms with van der Waals surface area (Å²) >= 11 is 0. The van der Waals surface area contributed by atoms with Crippen LogP contribution < -0.4 is 0 Å². The average molecular weight is 194 g/mol. The summed E-state index contributed by atoms with van der Waals surface area (Å²) < 4.78 is 13.2. The average Bonchev–Trinajstić information content (AvgIpc) is 2.17. The van der Waals surface area contributed by atoms with Crippen molar-refractivity contribution in [1.29, 1.82) is 0 Å². The molecule has 1 atom stereocenters. The highest BCUT2D eigenvalue weighted by Gasteiger charge is 2.13. The smallest absolute Gasteiger partial charge is 0.258 e. The third-order valence-electron chi connectivity index (χ3n) is 1.87. The van der Waals surface area contributed by atoms with E-state index in [4.69, 9.17) is 0 Å². The summed E-state index contributed by atoms with van der Waals surface area (Å²) in [5, 5.41) is 10.4. The van der Waals surface area contributed by atoms with Crippen molar-refractivity contribution in [1.82, 2.24) is 0 Å². The predicted octanol–water partition coefficient (Wildman–Crippen LogP) is 2.84. The van der Waals surface area contributed by atoms with E-state index in [1.165, 1.54) is 12.1 Å². The minimum absolute atomic E-state index is 0.142. The lowest BCUT2D eigenvalue weighted by atomic mass is 10.0. The minimum Gasteiger partial charge on any atom is -0.258 e. The van der Waals surface area contributed by atoms with Gasteiger partial charge in [0.25, 0.3) is 5.69 Å². The van der Waals surface area contributed by atoms with Gasteiger partial charge in [0.1, 0.15) is 5.82 Å². The number of hydrogen-bond acceptors (Lipinski definition) is 2. The van der Waals surface area contributed by atoms with Crippen molar-refractivity contribution in [3.63, 3.8) is 0 Å². The Kier molecular flexibility index (Phi) is 2.96. The van der Waals surface area contributed by atoms with Crippen molar-refractivity contribution in [2.45, 2.75) is 5.92 Å². The molecule has 0 aliphatic rings. The molecule has 0 aliphatic heterocycles. The number of benzene rings is 1. The van der Waals surface area contributed by atoms with E-state index < -0.39 is 16.7 Å². The lowest BCUT2D eigenvalue weighted by molar-refractivity contribution is -0.385. The molecule has 0 saturated carbocycles. The van der Waals surface area contributed by atoms with Crippen LogP contribution >= 0.6 is 0 Å². The Morgan fingerprint density at radius 3 is 2.71 bits per heavy atom. The van der Waals surface area contributed by atoms with Crippen LogP contribution in [-0.2, 0) is 0 Å². The Balaban J connectivity index is 3.20. The van der Waals surface area contributed by atoms with Crippen molar-refractivity contribution >= 4 is 5.69 Å². The van der Waals surface area contributed by atoms with Crippen molar-refractivity contribution < 1.29 is 9.31 Å². The molecule has 1 unspecified atom stereocenters. The monoisotopic (exact) mass is 194 g/mol. The molecule has 0 N–H and O–H groups in total. The number of hydrogen-bond donors (Lipinski definition) is 0. The fraction of sp³-hybridized carbons (Fsp3) is 0.100. The number of halogens is 1. The molecule has 0 amide bonds. The summed E-state index contributed by atoms with van der Waals surface area (Å²) in [7, 11) is 0. The molecule has 0 aromatic heterocycles. The molecule has 0 saturated heterocycles. The lowest BCUT2D eigenvalue weighted by Gasteiger charge is -2.06. The van der Waals surface area contributed by atoms with E-state index in [1.54, 1.807) is 0 Å². The summed E-state index contributed by atoms with van der Waals surface area (Å²) in [6.45, 7) is 7.06. The normalized spacial score (nSPS) is 12.1. The number of nitro groups is 1. The van der Waals surface area contributed by atoms with Crippen LogP contribution in [0.1, 0.15) is 11.5 Å². The summed E-state index contributed by atoms with van der Waals surface area (Å²) in [5.74, 6) is -0.981. The van der Waals surface area contributed by atoms with E-state index in [0.29, 0.717) is 0 Å². The van der Waals surface area contributed by atoms with E-state index in [-0.39, 0.29) is 11.3 Å². The van der Waals surface area contributed by atoms with Gasteiger partial charge in [-0.15, -0.1) is 6.58 Å². The van der Waals surface area contributed by atoms with Crippen LogP contribution in [0.25, 0.3) is 0 Å². The van der Waals surface area contributed by atoms with Gasteiger partial charge in [0.2, 0.25) is 0 Å². The largest absolute Gasteiger partial charge is 0.269 e. The van der Waals surface area contributed by atoms with Gasteiger partial charge in [0, 0.05) is 23.6 Å². The molecule has 3 nitrogen and oxygen atoms in total. The van der Waals surface area contributed by atoms with E-state index in [9.17, 15) is 14.5 Å². The first-order valence-electron chi connectivity index (χ1n) is 3.95. The van der Waals surface area contributed by atoms with Crippen molar-refractivity contribution in [2.75, 3.05) is 0 Å². The van der Waals surface area contributed by atoms with Gasteiger partial charge in [0.15, 0.2) is 0 Å². The SMILES string of the molecule is [CH2]C(C=C)c1cc([N+](=O)[O-])ccc1F. The van der Waals surface area contributed by atoms with Gasteiger partial charge in [-0.05, 0) is 13.0 Å². The van der Waals surface area contributed by atoms with Crippen molar-refractivity contribution in [3.05, 3.63) is 59.3 Å². The van der Waals surface area contributed by atoms with E-state index in [2.05, 4.69) is 13.5 Å². The molecule has 0 fully saturated rings. The molecule has 4 heteroatoms. The molecule has 73 valence electrons. The maximum atomic E-state index is 13.2. The van der Waals surface area contributed by atoms with E-state index >= 15 is 0 Å². The minimum atomic E-state index is -0.571. The highest BCUT2D eigenvalue weighted by atomic mass is 19.1. The highest BCUT2D eigenvalue weighted by Crippen LogP contribution is 2.24. The van der Waals surface area contributed by atoms with Crippen LogP contribution in [0.3, 0.4) is 0 Å². The quantitative estimate of drug-likeness (QED) is 0.422. The fourth-order valence-electron chi connectivity index (χ4n) is 1.06. The Hall–Kier alpha value is -1.71. The van der Waals surface area contributed by atoms with Gasteiger partial charge in [-0.3, -0.25) is 10.1 Å². The summed E-state index contributed by atoms with van der Waals surface area (Å²) in [5.41, 5.74) is 0.0473. The number of nitro benzene ring substituents is 1. The van der Waals surface area contributed by atoms with Gasteiger partial charge in [0.05, 0.1) is 4.92 Å². The fourth-order valence-corrected chi connectivity index (χ4v) is 1.06. The maximum Gasteiger partial charge on any atom is 0.269 e. The van der Waals surface area contributed by atoms with Crippen LogP contribution in [-0.4, -0.2) is 4.92 Å². The van der Waals surface area contributed by atoms with E-state index in [0.717, 1.165) is 12.1 Å². The second-order valence-electron chi connectivity index (χ2n) is 2.81. The zero-order valence-electron chi connectivity index (χ0n) is 7.44. The Morgan fingerprint density at radius 2 is 2.21 bits per heavy atom. The molecular formula is C10H9FNO2. The first-order chi connectivity index (χ1) is 6.56. The summed E-state index contributed by atoms with van der Waals surface area (Å²) in [6, 6.07) is 3.36. The molecule has 1 rings (SSSR count). The first kappa shape index (κ1) is 10.4. The number of non-ortho nitro benzene ring substituents is 1. The second-order valence-corrected chi connectivity index (χ2v) is 2.81. The Labute approximate surface area is 81.0 Å². The number of allylic oxidation sites excluding steroid dienone is 1. The third-order valence-corrected chi connectivity index (χ3v) is 1.87. The number of rotatable bonds is 3. The molecule has 0 heterocycles. The summed E-state index contributed by atoms with van der Waals surface area (Å²) in [4.78, 5) is 9.84. The number of nitrogens with zero attached hydrogens (tertiary/aromatic N) is 1. The van der Waals surface area contributed by atoms with Gasteiger partial charge < -0.3 is 0 Å². The zero-order valence-corrected chi connectivity index (χ0v) is 7.44. The highest BCUT2D eigenvalue weighted by molar-refractivity contribution is 5.38. The third kappa shape index (κ3) is 1.96. The zero-order chi connectivity index (χ0) is 10.7. The van der Waals surface area contributed by atoms with Crippen LogP contribution in [0.4, 0.5) is 10.1 Å². The molecule has 0 bridgehead atoms. The predicted molar refractivity (Wildman–Crippen MR) is 51.3 cm³/mol. The molecule has 1 aromatic rings. The second kappa shape index (κ2) is 4.00. The van der Waals surface area contributed by atoms with E-state index in [1.807, 2.05) is 0 Å². The van der Waals surface area contributed by atoms with Crippen LogP contribution in [0.2, 0.25) is 0 Å². The van der Waals surface area contributed by atoms with Gasteiger partial charge in [-0.25, -0.2) is 4.39 Å². The van der Waals surface area contributed by atoms with Gasteiger partial charge in [-0.1, -0.05) is 6.08 Å². The van der Waals surface area contributed by atoms with Crippen LogP contribution in [0.5, 0.6) is 0 Å². The van der Waals surface area contributed by atoms with Gasteiger partial charge in [-0.2, -0.15) is 0 Å². The van der Waals surface area contributed by atoms with Crippen molar-refractivity contribution in [3.8, 4) is 0 Å². The Morgan fingerprint density at radius 1 is 1.57 bits per heavy atom. The molecule has 0 aliphatic carbocycles. The molecule has 0 spiro atoms. The molecule has 1 aromatic carbocycles. The Bertz CT molecular complexity index is 376. The van der Waals surface area contributed by atoms with Crippen molar-refractivity contribution in [2.24, 2.45) is 0 Å². The molecule has 14 heavy (non-hydrogen) atoms. The topological polar surface area (TPSA) is 43.1 Å². The lowest BCUT2D eigenvalue weighted by Crippen LogP contribution is -1.97. The van der Waals surface area contributed by atoms with Crippen LogP contribution in [0, 0.1) is 22.9 Å². The van der Waals surface area contributed by atoms with Crippen LogP contribution in [0.15, 0.2) is 30.9 Å². The standard InChI is InChI=1S/C10H9FNO2/c1-3-7(2)9-6-8(12(13)14)4-5-10(9)11/h3-7H,1-2H2. The summed E-state index contributed by atoms with van der Waals surface area (Å²) in [6.07, 6.45) is 1.43. The first-order valence-corrected chi connectivity index (χ1v) is 3.95. The van der Waals surface area contributed by atoms with Gasteiger partial charge >= 0.3 is 0 Å². The molecular weight excluding hydrogens is 185 g/mol. The maximum absolute atomic E-state index is 13.2. The molecule has 1 radical (unpaired) electrons.